The van der Waals surface area contributed by atoms with Crippen LogP contribution in [-0.2, 0) is 4.79 Å². The molecule has 4 aromatic carbocycles. The number of hydrogen-bond donors (Lipinski definition) is 2. The van der Waals surface area contributed by atoms with Crippen LogP contribution in [0.2, 0.25) is 0 Å². The summed E-state index contributed by atoms with van der Waals surface area (Å²) in [6, 6.07) is 27.1. The minimum atomic E-state index is -0.348. The molecule has 38 heavy (non-hydrogen) atoms. The maximum atomic E-state index is 13.2. The van der Waals surface area contributed by atoms with E-state index in [-0.39, 0.29) is 22.9 Å². The maximum Gasteiger partial charge on any atom is 0.255 e. The fourth-order valence-corrected chi connectivity index (χ4v) is 5.67. The Balaban J connectivity index is 1.23. The number of thiazole rings is 1. The average molecular weight is 542 g/mol. The van der Waals surface area contributed by atoms with Crippen LogP contribution in [0, 0.1) is 5.82 Å². The van der Waals surface area contributed by atoms with E-state index >= 15 is 0 Å². The maximum absolute atomic E-state index is 13.2. The molecule has 2 N–H and O–H groups in total. The number of nitrogens with zero attached hydrogens (tertiary/aromatic N) is 1. The minimum absolute atomic E-state index is 0.150. The predicted octanol–water partition coefficient (Wildman–Crippen LogP) is 7.86. The van der Waals surface area contributed by atoms with Gasteiger partial charge in [-0.3, -0.25) is 9.59 Å². The van der Waals surface area contributed by atoms with Crippen molar-refractivity contribution in [2.24, 2.45) is 0 Å². The number of carbonyl (C=O) groups excluding carboxylic acids is 2. The van der Waals surface area contributed by atoms with Gasteiger partial charge in [-0.15, -0.1) is 23.1 Å². The minimum Gasteiger partial charge on any atom is -0.322 e. The summed E-state index contributed by atoms with van der Waals surface area (Å²) in [6.45, 7) is 1.95. The summed E-state index contributed by atoms with van der Waals surface area (Å²) in [6.07, 6.45) is 0.611. The third kappa shape index (κ3) is 6.10. The predicted molar refractivity (Wildman–Crippen MR) is 154 cm³/mol. The van der Waals surface area contributed by atoms with Crippen LogP contribution in [0.1, 0.15) is 23.7 Å². The number of rotatable bonds is 8. The lowest BCUT2D eigenvalue weighted by Gasteiger charge is -2.14. The largest absolute Gasteiger partial charge is 0.322 e. The van der Waals surface area contributed by atoms with Gasteiger partial charge in [-0.05, 0) is 71.8 Å². The quantitative estimate of drug-likeness (QED) is 0.196. The molecule has 0 bridgehead atoms. The number of nitrogens with one attached hydrogen (secondary N) is 2. The number of benzene rings is 4. The number of halogens is 1. The topological polar surface area (TPSA) is 71.1 Å². The standard InChI is InChI=1S/C30H24FN3O2S2/c1-2-27(29(36)34-30-33-26(18-37-30)20-12-14-23(31)15-13-20)38-25-9-5-8-24(17-25)32-28(35)22-11-10-19-6-3-4-7-21(19)16-22/h3-18,27H,2H2,1H3,(H,32,35)(H,33,34,36). The van der Waals surface area contributed by atoms with Crippen molar-refractivity contribution < 1.29 is 14.0 Å². The van der Waals surface area contributed by atoms with Crippen LogP contribution >= 0.6 is 23.1 Å². The van der Waals surface area contributed by atoms with Gasteiger partial charge in [0.1, 0.15) is 5.82 Å². The Labute approximate surface area is 228 Å². The summed E-state index contributed by atoms with van der Waals surface area (Å²) < 4.78 is 13.2. The number of amides is 2. The van der Waals surface area contributed by atoms with E-state index < -0.39 is 0 Å². The van der Waals surface area contributed by atoms with Crippen molar-refractivity contribution in [3.63, 3.8) is 0 Å². The molecule has 1 atom stereocenters. The molecule has 5 aromatic rings. The Morgan fingerprint density at radius 1 is 0.921 bits per heavy atom. The lowest BCUT2D eigenvalue weighted by molar-refractivity contribution is -0.115. The van der Waals surface area contributed by atoms with Crippen molar-refractivity contribution in [1.82, 2.24) is 4.98 Å². The lowest BCUT2D eigenvalue weighted by atomic mass is 10.1. The van der Waals surface area contributed by atoms with Gasteiger partial charge < -0.3 is 10.6 Å². The van der Waals surface area contributed by atoms with Crippen LogP contribution in [-0.4, -0.2) is 22.0 Å². The summed E-state index contributed by atoms with van der Waals surface area (Å²) in [4.78, 5) is 31.2. The van der Waals surface area contributed by atoms with E-state index in [0.29, 0.717) is 28.5 Å². The molecule has 5 rings (SSSR count). The zero-order chi connectivity index (χ0) is 26.5. The highest BCUT2D eigenvalue weighted by Gasteiger charge is 2.20. The van der Waals surface area contributed by atoms with E-state index in [1.165, 1.54) is 35.2 Å². The van der Waals surface area contributed by atoms with Crippen LogP contribution in [0.25, 0.3) is 22.0 Å². The number of fused-ring (bicyclic) bond motifs is 1. The number of aromatic nitrogens is 1. The molecule has 8 heteroatoms. The Hall–Kier alpha value is -4.01. The van der Waals surface area contributed by atoms with Crippen LogP contribution in [0.15, 0.2) is 101 Å². The van der Waals surface area contributed by atoms with Gasteiger partial charge in [0, 0.05) is 27.1 Å². The van der Waals surface area contributed by atoms with Gasteiger partial charge in [0.15, 0.2) is 5.13 Å². The molecule has 190 valence electrons. The first-order chi connectivity index (χ1) is 18.5. The van der Waals surface area contributed by atoms with Crippen molar-refractivity contribution in [3.05, 3.63) is 108 Å². The van der Waals surface area contributed by atoms with Gasteiger partial charge in [0.05, 0.1) is 10.9 Å². The molecule has 1 aromatic heterocycles. The first-order valence-electron chi connectivity index (χ1n) is 12.1. The Morgan fingerprint density at radius 2 is 1.71 bits per heavy atom. The second-order valence-corrected chi connectivity index (χ2v) is 10.7. The second-order valence-electron chi connectivity index (χ2n) is 8.59. The molecule has 0 spiro atoms. The zero-order valence-electron chi connectivity index (χ0n) is 20.5. The summed E-state index contributed by atoms with van der Waals surface area (Å²) in [5.74, 6) is -0.649. The molecule has 0 fully saturated rings. The SMILES string of the molecule is CCC(Sc1cccc(NC(=O)c2ccc3ccccc3c2)c1)C(=O)Nc1nc(-c2ccc(F)cc2)cs1. The highest BCUT2D eigenvalue weighted by Crippen LogP contribution is 2.30. The van der Waals surface area contributed by atoms with Gasteiger partial charge in [-0.1, -0.05) is 43.3 Å². The Morgan fingerprint density at radius 3 is 2.50 bits per heavy atom. The van der Waals surface area contributed by atoms with Crippen molar-refractivity contribution in [1.29, 1.82) is 0 Å². The van der Waals surface area contributed by atoms with Crippen LogP contribution in [0.4, 0.5) is 15.2 Å². The van der Waals surface area contributed by atoms with Crippen molar-refractivity contribution in [2.75, 3.05) is 10.6 Å². The van der Waals surface area contributed by atoms with E-state index in [1.54, 1.807) is 12.1 Å². The van der Waals surface area contributed by atoms with Gasteiger partial charge in [-0.2, -0.15) is 0 Å². The van der Waals surface area contributed by atoms with Gasteiger partial charge in [-0.25, -0.2) is 9.37 Å². The molecule has 0 saturated heterocycles. The third-order valence-electron chi connectivity index (χ3n) is 5.92. The molecule has 5 nitrogen and oxygen atoms in total. The molecule has 0 aliphatic carbocycles. The zero-order valence-corrected chi connectivity index (χ0v) is 22.1. The molecule has 0 aliphatic rings. The van der Waals surface area contributed by atoms with E-state index in [9.17, 15) is 14.0 Å². The van der Waals surface area contributed by atoms with Crippen molar-refractivity contribution in [3.8, 4) is 11.3 Å². The molecule has 0 saturated carbocycles. The molecular formula is C30H24FN3O2S2. The van der Waals surface area contributed by atoms with Crippen molar-refractivity contribution in [2.45, 2.75) is 23.5 Å². The van der Waals surface area contributed by atoms with Crippen LogP contribution < -0.4 is 10.6 Å². The number of anilines is 2. The number of thioether (sulfide) groups is 1. The molecule has 1 heterocycles. The van der Waals surface area contributed by atoms with Crippen molar-refractivity contribution >= 4 is 56.5 Å². The third-order valence-corrected chi connectivity index (χ3v) is 8.04. The monoisotopic (exact) mass is 541 g/mol. The average Bonchev–Trinajstić information content (AvgIpc) is 3.40. The molecule has 1 unspecified atom stereocenters. The van der Waals surface area contributed by atoms with E-state index in [4.69, 9.17) is 0 Å². The van der Waals surface area contributed by atoms with Crippen LogP contribution in [0.3, 0.4) is 0 Å². The van der Waals surface area contributed by atoms with E-state index in [2.05, 4.69) is 15.6 Å². The number of hydrogen-bond acceptors (Lipinski definition) is 5. The summed E-state index contributed by atoms with van der Waals surface area (Å²) in [5, 5.41) is 9.92. The molecule has 0 aliphatic heterocycles. The number of carbonyl (C=O) groups is 2. The molecule has 2 amide bonds. The molecular weight excluding hydrogens is 517 g/mol. The smallest absolute Gasteiger partial charge is 0.255 e. The second kappa shape index (κ2) is 11.6. The van der Waals surface area contributed by atoms with E-state index in [0.717, 1.165) is 21.2 Å². The first kappa shape index (κ1) is 25.6. The summed E-state index contributed by atoms with van der Waals surface area (Å²) >= 11 is 2.76. The fraction of sp³-hybridized carbons (Fsp3) is 0.100. The van der Waals surface area contributed by atoms with Gasteiger partial charge in [0.2, 0.25) is 5.91 Å². The van der Waals surface area contributed by atoms with Gasteiger partial charge >= 0.3 is 0 Å². The Kier molecular flexibility index (Phi) is 7.81. The summed E-state index contributed by atoms with van der Waals surface area (Å²) in [7, 11) is 0. The normalized spacial score (nSPS) is 11.7. The summed E-state index contributed by atoms with van der Waals surface area (Å²) in [5.41, 5.74) is 2.70. The first-order valence-corrected chi connectivity index (χ1v) is 13.8. The lowest BCUT2D eigenvalue weighted by Crippen LogP contribution is -2.24. The fourth-order valence-electron chi connectivity index (χ4n) is 3.94. The van der Waals surface area contributed by atoms with E-state index in [1.807, 2.05) is 79.0 Å². The van der Waals surface area contributed by atoms with Gasteiger partial charge in [0.25, 0.3) is 5.91 Å². The highest BCUT2D eigenvalue weighted by molar-refractivity contribution is 8.00. The highest BCUT2D eigenvalue weighted by atomic mass is 32.2. The van der Waals surface area contributed by atoms with Crippen LogP contribution in [0.5, 0.6) is 0 Å². The molecule has 0 radical (unpaired) electrons. The Bertz CT molecular complexity index is 1600.